The second-order valence-electron chi connectivity index (χ2n) is 8.25. The molecule has 4 aromatic heterocycles. The summed E-state index contributed by atoms with van der Waals surface area (Å²) in [5.41, 5.74) is 7.16. The molecule has 1 aliphatic heterocycles. The number of hydrogen-bond acceptors (Lipinski definition) is 8. The first-order chi connectivity index (χ1) is 16.5. The topological polar surface area (TPSA) is 120 Å². The van der Waals surface area contributed by atoms with E-state index in [2.05, 4.69) is 20.8 Å². The van der Waals surface area contributed by atoms with Crippen LogP contribution in [0.25, 0.3) is 21.8 Å². The quantitative estimate of drug-likeness (QED) is 0.338. The Balaban J connectivity index is 1.60. The molecule has 0 radical (unpaired) electrons. The highest BCUT2D eigenvalue weighted by molar-refractivity contribution is 5.91. The molecule has 10 nitrogen and oxygen atoms in total. The van der Waals surface area contributed by atoms with Gasteiger partial charge in [0.2, 0.25) is 0 Å². The number of carbonyl (C=O) groups excluding carboxylic acids is 1. The maximum Gasteiger partial charge on any atom is 0.314 e. The predicted molar refractivity (Wildman–Crippen MR) is 126 cm³/mol. The number of pyridine rings is 4. The zero-order valence-electron chi connectivity index (χ0n) is 18.8. The third kappa shape index (κ3) is 3.76. The largest absolute Gasteiger partial charge is 0.466 e. The van der Waals surface area contributed by atoms with Gasteiger partial charge in [-0.25, -0.2) is 10.4 Å². The van der Waals surface area contributed by atoms with Crippen LogP contribution < -0.4 is 22.0 Å². The van der Waals surface area contributed by atoms with Crippen LogP contribution in [0.4, 0.5) is 0 Å². The van der Waals surface area contributed by atoms with Crippen molar-refractivity contribution < 1.29 is 9.53 Å². The maximum absolute atomic E-state index is 13.5. The van der Waals surface area contributed by atoms with Crippen LogP contribution in [0.2, 0.25) is 0 Å². The predicted octanol–water partition coefficient (Wildman–Crippen LogP) is 1.33. The summed E-state index contributed by atoms with van der Waals surface area (Å²) in [6.45, 7) is 4.15. The molecule has 0 aliphatic carbocycles. The summed E-state index contributed by atoms with van der Waals surface area (Å²) >= 11 is 0. The molecular weight excluding hydrogens is 436 g/mol. The average molecular weight is 460 g/mol. The molecule has 0 amide bonds. The Kier molecular flexibility index (Phi) is 5.68. The summed E-state index contributed by atoms with van der Waals surface area (Å²) in [7, 11) is 0. The molecule has 1 aliphatic rings. The summed E-state index contributed by atoms with van der Waals surface area (Å²) in [5.74, 6) is -0.988. The SMILES string of the molecule is CCOC(=O)C1C(C)NNC1n1ccc2nc3ccn(Cc4ccccn4)c(=O)c3cc2c1=O. The molecule has 0 spiro atoms. The summed E-state index contributed by atoms with van der Waals surface area (Å²) in [6, 6.07) is 10.3. The second-order valence-corrected chi connectivity index (χ2v) is 8.25. The summed E-state index contributed by atoms with van der Waals surface area (Å²) in [5, 5.41) is 0.639. The minimum atomic E-state index is -0.641. The Morgan fingerprint density at radius 1 is 1.06 bits per heavy atom. The fourth-order valence-electron chi connectivity index (χ4n) is 4.37. The van der Waals surface area contributed by atoms with E-state index in [1.165, 1.54) is 4.57 Å². The summed E-state index contributed by atoms with van der Waals surface area (Å²) in [4.78, 5) is 48.0. The van der Waals surface area contributed by atoms with Gasteiger partial charge in [-0.1, -0.05) is 6.07 Å². The summed E-state index contributed by atoms with van der Waals surface area (Å²) in [6.07, 6.45) is 4.32. The zero-order valence-corrected chi connectivity index (χ0v) is 18.8. The number of nitrogens with zero attached hydrogens (tertiary/aromatic N) is 4. The van der Waals surface area contributed by atoms with E-state index in [4.69, 9.17) is 4.74 Å². The lowest BCUT2D eigenvalue weighted by Crippen LogP contribution is -2.38. The van der Waals surface area contributed by atoms with Crippen molar-refractivity contribution in [3.8, 4) is 0 Å². The first-order valence-electron chi connectivity index (χ1n) is 11.1. The van der Waals surface area contributed by atoms with Crippen molar-refractivity contribution >= 4 is 27.8 Å². The van der Waals surface area contributed by atoms with E-state index in [9.17, 15) is 14.4 Å². The molecule has 34 heavy (non-hydrogen) atoms. The van der Waals surface area contributed by atoms with Gasteiger partial charge in [0.15, 0.2) is 0 Å². The van der Waals surface area contributed by atoms with Crippen molar-refractivity contribution in [1.29, 1.82) is 0 Å². The van der Waals surface area contributed by atoms with Crippen LogP contribution in [-0.2, 0) is 16.1 Å². The van der Waals surface area contributed by atoms with Gasteiger partial charge in [0.25, 0.3) is 11.1 Å². The van der Waals surface area contributed by atoms with E-state index in [1.54, 1.807) is 48.3 Å². The van der Waals surface area contributed by atoms with Crippen molar-refractivity contribution in [2.45, 2.75) is 32.6 Å². The minimum Gasteiger partial charge on any atom is -0.466 e. The van der Waals surface area contributed by atoms with Gasteiger partial charge in [0.05, 0.1) is 40.7 Å². The molecule has 5 heterocycles. The maximum atomic E-state index is 13.5. The number of fused-ring (bicyclic) bond motifs is 2. The van der Waals surface area contributed by atoms with Gasteiger partial charge in [0, 0.05) is 24.6 Å². The molecular formula is C24H24N6O4. The lowest BCUT2D eigenvalue weighted by atomic mass is 10.00. The lowest BCUT2D eigenvalue weighted by Gasteiger charge is -2.21. The average Bonchev–Trinajstić information content (AvgIpc) is 3.22. The van der Waals surface area contributed by atoms with Crippen molar-refractivity contribution in [1.82, 2.24) is 30.0 Å². The fraction of sp³-hybridized carbons (Fsp3) is 0.292. The van der Waals surface area contributed by atoms with Crippen LogP contribution in [0, 0.1) is 5.92 Å². The molecule has 5 rings (SSSR count). The van der Waals surface area contributed by atoms with Gasteiger partial charge in [-0.15, -0.1) is 0 Å². The van der Waals surface area contributed by atoms with Crippen LogP contribution in [0.3, 0.4) is 0 Å². The molecule has 0 aromatic carbocycles. The van der Waals surface area contributed by atoms with E-state index in [0.29, 0.717) is 28.4 Å². The van der Waals surface area contributed by atoms with E-state index in [1.807, 2.05) is 25.1 Å². The van der Waals surface area contributed by atoms with Crippen molar-refractivity contribution in [3.05, 3.63) is 81.4 Å². The Bertz CT molecular complexity index is 1500. The third-order valence-corrected chi connectivity index (χ3v) is 6.10. The van der Waals surface area contributed by atoms with E-state index >= 15 is 0 Å². The molecule has 4 aromatic rings. The molecule has 2 N–H and O–H groups in total. The summed E-state index contributed by atoms with van der Waals surface area (Å²) < 4.78 is 8.20. The molecule has 10 heteroatoms. The number of nitrogens with one attached hydrogen (secondary N) is 2. The molecule has 1 fully saturated rings. The number of carbonyl (C=O) groups is 1. The van der Waals surface area contributed by atoms with Gasteiger partial charge in [-0.2, -0.15) is 0 Å². The number of hydrazine groups is 1. The lowest BCUT2D eigenvalue weighted by molar-refractivity contribution is -0.149. The number of rotatable bonds is 5. The van der Waals surface area contributed by atoms with Crippen LogP contribution in [0.15, 0.2) is 64.6 Å². The molecule has 174 valence electrons. The Morgan fingerprint density at radius 2 is 1.82 bits per heavy atom. The van der Waals surface area contributed by atoms with Crippen molar-refractivity contribution in [2.24, 2.45) is 5.92 Å². The molecule has 1 saturated heterocycles. The van der Waals surface area contributed by atoms with E-state index in [-0.39, 0.29) is 23.8 Å². The smallest absolute Gasteiger partial charge is 0.314 e. The van der Waals surface area contributed by atoms with Crippen molar-refractivity contribution in [3.63, 3.8) is 0 Å². The van der Waals surface area contributed by atoms with Gasteiger partial charge in [-0.3, -0.25) is 29.4 Å². The van der Waals surface area contributed by atoms with Gasteiger partial charge >= 0.3 is 5.97 Å². The number of aromatic nitrogens is 4. The van der Waals surface area contributed by atoms with Crippen LogP contribution >= 0.6 is 0 Å². The van der Waals surface area contributed by atoms with Crippen LogP contribution in [0.1, 0.15) is 25.7 Å². The highest BCUT2D eigenvalue weighted by Gasteiger charge is 2.41. The normalized spacial score (nSPS) is 20.1. The monoisotopic (exact) mass is 460 g/mol. The number of hydrogen-bond donors (Lipinski definition) is 2. The second kappa shape index (κ2) is 8.81. The van der Waals surface area contributed by atoms with Crippen LogP contribution in [-0.4, -0.2) is 37.7 Å². The molecule has 3 atom stereocenters. The Labute approximate surface area is 194 Å². The molecule has 0 saturated carbocycles. The van der Waals surface area contributed by atoms with Gasteiger partial charge in [0.1, 0.15) is 12.1 Å². The Morgan fingerprint density at radius 3 is 2.56 bits per heavy atom. The highest BCUT2D eigenvalue weighted by Crippen LogP contribution is 2.25. The number of ether oxygens (including phenoxy) is 1. The fourth-order valence-corrected chi connectivity index (χ4v) is 4.37. The minimum absolute atomic E-state index is 0.236. The highest BCUT2D eigenvalue weighted by atomic mass is 16.5. The van der Waals surface area contributed by atoms with E-state index < -0.39 is 18.1 Å². The molecule has 3 unspecified atom stereocenters. The van der Waals surface area contributed by atoms with E-state index in [0.717, 1.165) is 5.69 Å². The molecule has 0 bridgehead atoms. The first-order valence-corrected chi connectivity index (χ1v) is 11.1. The Hall–Kier alpha value is -3.89. The standard InChI is InChI=1S/C24H24N6O4/c1-3-34-24(33)20-14(2)27-28-21(20)30-11-8-19-17(23(30)32)12-16-18(26-19)7-10-29(22(16)31)13-15-6-4-5-9-25-15/h4-12,14,20-21,27-28H,3,13H2,1-2H3. The first kappa shape index (κ1) is 21.9. The number of esters is 1. The van der Waals surface area contributed by atoms with Gasteiger partial charge < -0.3 is 9.30 Å². The zero-order chi connectivity index (χ0) is 23.8. The van der Waals surface area contributed by atoms with Crippen molar-refractivity contribution in [2.75, 3.05) is 6.61 Å². The third-order valence-electron chi connectivity index (χ3n) is 6.10. The van der Waals surface area contributed by atoms with Gasteiger partial charge in [-0.05, 0) is 44.2 Å². The van der Waals surface area contributed by atoms with Crippen LogP contribution in [0.5, 0.6) is 0 Å².